The molecule has 3 N–H and O–H groups in total. The molecular formula is C21H22N6. The van der Waals surface area contributed by atoms with Gasteiger partial charge in [0.25, 0.3) is 0 Å². The zero-order valence-electron chi connectivity index (χ0n) is 15.3. The Kier molecular flexibility index (Phi) is 3.79. The number of aryl methyl sites for hydroxylation is 2. The SMILES string of the molecule is Cn1cc(-c2nc3nccc(-c4ccc5c(c4)CCCCC5N)c3[nH]2)cn1. The number of benzene rings is 1. The summed E-state index contributed by atoms with van der Waals surface area (Å²) in [6, 6.07) is 8.86. The number of pyridine rings is 1. The van der Waals surface area contributed by atoms with Gasteiger partial charge in [0.2, 0.25) is 0 Å². The van der Waals surface area contributed by atoms with Crippen LogP contribution in [0.1, 0.15) is 36.4 Å². The maximum Gasteiger partial charge on any atom is 0.178 e. The number of fused-ring (bicyclic) bond motifs is 2. The summed E-state index contributed by atoms with van der Waals surface area (Å²) in [6.45, 7) is 0. The molecule has 0 aliphatic heterocycles. The third-order valence-corrected chi connectivity index (χ3v) is 5.44. The third-order valence-electron chi connectivity index (χ3n) is 5.44. The van der Waals surface area contributed by atoms with Crippen LogP contribution in [0.15, 0.2) is 42.9 Å². The maximum atomic E-state index is 6.36. The molecule has 1 atom stereocenters. The van der Waals surface area contributed by atoms with Crippen LogP contribution in [0.5, 0.6) is 0 Å². The van der Waals surface area contributed by atoms with Crippen LogP contribution in [0, 0.1) is 0 Å². The van der Waals surface area contributed by atoms with Gasteiger partial charge in [-0.1, -0.05) is 24.6 Å². The molecule has 1 aliphatic rings. The van der Waals surface area contributed by atoms with E-state index in [1.54, 1.807) is 10.9 Å². The molecule has 5 rings (SSSR count). The van der Waals surface area contributed by atoms with E-state index in [4.69, 9.17) is 5.73 Å². The van der Waals surface area contributed by atoms with Crippen LogP contribution in [0.25, 0.3) is 33.7 Å². The molecule has 4 aromatic rings. The lowest BCUT2D eigenvalue weighted by atomic mass is 9.94. The Hall–Kier alpha value is -2.99. The second kappa shape index (κ2) is 6.32. The van der Waals surface area contributed by atoms with Crippen molar-refractivity contribution in [3.63, 3.8) is 0 Å². The fourth-order valence-corrected chi connectivity index (χ4v) is 4.02. The molecule has 0 fully saturated rings. The van der Waals surface area contributed by atoms with Gasteiger partial charge in [0.05, 0.1) is 17.3 Å². The van der Waals surface area contributed by atoms with E-state index in [0.717, 1.165) is 41.0 Å². The van der Waals surface area contributed by atoms with E-state index in [0.29, 0.717) is 0 Å². The number of nitrogens with zero attached hydrogens (tertiary/aromatic N) is 4. The second-order valence-corrected chi connectivity index (χ2v) is 7.31. The van der Waals surface area contributed by atoms with Crippen molar-refractivity contribution in [2.24, 2.45) is 12.8 Å². The number of hydrogen-bond donors (Lipinski definition) is 2. The molecule has 0 amide bonds. The summed E-state index contributed by atoms with van der Waals surface area (Å²) in [6.07, 6.45) is 10.1. The fraction of sp³-hybridized carbons (Fsp3) is 0.286. The van der Waals surface area contributed by atoms with E-state index < -0.39 is 0 Å². The van der Waals surface area contributed by atoms with Crippen LogP contribution >= 0.6 is 0 Å². The lowest BCUT2D eigenvalue weighted by Crippen LogP contribution is -2.10. The van der Waals surface area contributed by atoms with Crippen molar-refractivity contribution in [2.75, 3.05) is 0 Å². The first-order chi connectivity index (χ1) is 13.2. The van der Waals surface area contributed by atoms with E-state index >= 15 is 0 Å². The molecule has 136 valence electrons. The van der Waals surface area contributed by atoms with Crippen molar-refractivity contribution in [1.29, 1.82) is 0 Å². The molecule has 6 heteroatoms. The minimum atomic E-state index is 0.151. The van der Waals surface area contributed by atoms with E-state index in [1.165, 1.54) is 29.5 Å². The van der Waals surface area contributed by atoms with Gasteiger partial charge in [0.15, 0.2) is 5.65 Å². The van der Waals surface area contributed by atoms with Gasteiger partial charge in [0, 0.05) is 31.0 Å². The first-order valence-corrected chi connectivity index (χ1v) is 9.41. The second-order valence-electron chi connectivity index (χ2n) is 7.31. The summed E-state index contributed by atoms with van der Waals surface area (Å²) >= 11 is 0. The normalized spacial score (nSPS) is 17.0. The number of aromatic nitrogens is 5. The number of H-pyrrole nitrogens is 1. The number of imidazole rings is 1. The average Bonchev–Trinajstić information content (AvgIpc) is 3.26. The summed E-state index contributed by atoms with van der Waals surface area (Å²) in [7, 11) is 1.90. The Morgan fingerprint density at radius 2 is 2.11 bits per heavy atom. The molecule has 0 radical (unpaired) electrons. The molecule has 0 spiro atoms. The largest absolute Gasteiger partial charge is 0.336 e. The Morgan fingerprint density at radius 1 is 1.19 bits per heavy atom. The summed E-state index contributed by atoms with van der Waals surface area (Å²) in [5, 5.41) is 4.23. The molecule has 0 saturated carbocycles. The summed E-state index contributed by atoms with van der Waals surface area (Å²) in [4.78, 5) is 12.5. The predicted molar refractivity (Wildman–Crippen MR) is 106 cm³/mol. The molecule has 0 bridgehead atoms. The van der Waals surface area contributed by atoms with Gasteiger partial charge in [-0.25, -0.2) is 9.97 Å². The number of rotatable bonds is 2. The zero-order valence-corrected chi connectivity index (χ0v) is 15.3. The van der Waals surface area contributed by atoms with Crippen molar-refractivity contribution in [1.82, 2.24) is 24.7 Å². The van der Waals surface area contributed by atoms with Crippen LogP contribution < -0.4 is 5.73 Å². The number of nitrogens with two attached hydrogens (primary N) is 1. The van der Waals surface area contributed by atoms with Crippen LogP contribution in [-0.4, -0.2) is 24.7 Å². The van der Waals surface area contributed by atoms with Crippen LogP contribution in [0.3, 0.4) is 0 Å². The van der Waals surface area contributed by atoms with E-state index in [-0.39, 0.29) is 6.04 Å². The summed E-state index contributed by atoms with van der Waals surface area (Å²) in [5.74, 6) is 0.787. The predicted octanol–water partition coefficient (Wildman–Crippen LogP) is 3.75. The molecular weight excluding hydrogens is 336 g/mol. The van der Waals surface area contributed by atoms with Gasteiger partial charge >= 0.3 is 0 Å². The smallest absolute Gasteiger partial charge is 0.178 e. The highest BCUT2D eigenvalue weighted by atomic mass is 15.2. The summed E-state index contributed by atoms with van der Waals surface area (Å²) in [5.41, 5.74) is 13.9. The molecule has 1 unspecified atom stereocenters. The molecule has 27 heavy (non-hydrogen) atoms. The molecule has 0 saturated heterocycles. The van der Waals surface area contributed by atoms with Crippen molar-refractivity contribution in [3.05, 3.63) is 54.0 Å². The van der Waals surface area contributed by atoms with Gasteiger partial charge in [-0.15, -0.1) is 0 Å². The van der Waals surface area contributed by atoms with Gasteiger partial charge in [-0.05, 0) is 42.0 Å². The quantitative estimate of drug-likeness (QED) is 0.534. The van der Waals surface area contributed by atoms with Gasteiger partial charge < -0.3 is 10.7 Å². The molecule has 3 aromatic heterocycles. The highest BCUT2D eigenvalue weighted by Crippen LogP contribution is 2.33. The van der Waals surface area contributed by atoms with E-state index in [2.05, 4.69) is 38.2 Å². The Morgan fingerprint density at radius 3 is 2.96 bits per heavy atom. The van der Waals surface area contributed by atoms with E-state index in [9.17, 15) is 0 Å². The van der Waals surface area contributed by atoms with Gasteiger partial charge in [0.1, 0.15) is 5.82 Å². The highest BCUT2D eigenvalue weighted by molar-refractivity contribution is 5.91. The minimum Gasteiger partial charge on any atom is -0.336 e. The highest BCUT2D eigenvalue weighted by Gasteiger charge is 2.17. The maximum absolute atomic E-state index is 6.36. The third kappa shape index (κ3) is 2.82. The fourth-order valence-electron chi connectivity index (χ4n) is 4.02. The molecule has 1 aromatic carbocycles. The Balaban J connectivity index is 1.63. The minimum absolute atomic E-state index is 0.151. The van der Waals surface area contributed by atoms with Crippen molar-refractivity contribution in [3.8, 4) is 22.5 Å². The molecule has 1 aliphatic carbocycles. The molecule has 6 nitrogen and oxygen atoms in total. The van der Waals surface area contributed by atoms with Crippen LogP contribution in [-0.2, 0) is 13.5 Å². The monoisotopic (exact) mass is 358 g/mol. The first-order valence-electron chi connectivity index (χ1n) is 9.41. The topological polar surface area (TPSA) is 85.4 Å². The lowest BCUT2D eigenvalue weighted by Gasteiger charge is -2.14. The van der Waals surface area contributed by atoms with Crippen LogP contribution in [0.2, 0.25) is 0 Å². The molecule has 3 heterocycles. The number of nitrogens with one attached hydrogen (secondary N) is 1. The first kappa shape index (κ1) is 16.2. The average molecular weight is 358 g/mol. The zero-order chi connectivity index (χ0) is 18.4. The number of aromatic amines is 1. The van der Waals surface area contributed by atoms with Gasteiger partial charge in [-0.3, -0.25) is 4.68 Å². The lowest BCUT2D eigenvalue weighted by molar-refractivity contribution is 0.615. The Bertz CT molecular complexity index is 1120. The summed E-state index contributed by atoms with van der Waals surface area (Å²) < 4.78 is 1.77. The van der Waals surface area contributed by atoms with Crippen LogP contribution in [0.4, 0.5) is 0 Å². The van der Waals surface area contributed by atoms with Crippen molar-refractivity contribution >= 4 is 11.2 Å². The van der Waals surface area contributed by atoms with Crippen molar-refractivity contribution < 1.29 is 0 Å². The standard InChI is InChI=1S/C21H22N6/c1-27-12-15(11-24-27)20-25-19-17(8-9-23-21(19)26-20)14-6-7-16-13(10-14)4-2-3-5-18(16)22/h6-12,18H,2-5,22H2,1H3,(H,23,25,26). The van der Waals surface area contributed by atoms with Crippen molar-refractivity contribution in [2.45, 2.75) is 31.7 Å². The number of hydrogen-bond acceptors (Lipinski definition) is 4. The van der Waals surface area contributed by atoms with E-state index in [1.807, 2.05) is 25.5 Å². The van der Waals surface area contributed by atoms with Gasteiger partial charge in [-0.2, -0.15) is 5.10 Å². The Labute approximate surface area is 157 Å².